The third-order valence-electron chi connectivity index (χ3n) is 4.00. The zero-order chi connectivity index (χ0) is 18.6. The molecule has 0 fully saturated rings. The molecule has 0 N–H and O–H groups in total. The van der Waals surface area contributed by atoms with Crippen LogP contribution in [0.4, 0.5) is 0 Å². The predicted octanol–water partition coefficient (Wildman–Crippen LogP) is 4.04. The molecule has 0 aliphatic rings. The van der Waals surface area contributed by atoms with Gasteiger partial charge in [-0.2, -0.15) is 5.10 Å². The van der Waals surface area contributed by atoms with E-state index in [1.54, 1.807) is 0 Å². The number of carbonyl (C=O) groups excluding carboxylic acids is 2. The van der Waals surface area contributed by atoms with Crippen LogP contribution in [0.3, 0.4) is 0 Å². The summed E-state index contributed by atoms with van der Waals surface area (Å²) in [6.45, 7) is 10.4. The Morgan fingerprint density at radius 2 is 1.96 bits per heavy atom. The van der Waals surface area contributed by atoms with Gasteiger partial charge in [-0.25, -0.2) is 0 Å². The topological polar surface area (TPSA) is 55.2 Å². The second kappa shape index (κ2) is 7.64. The summed E-state index contributed by atoms with van der Waals surface area (Å²) in [6.07, 6.45) is 3.98. The fourth-order valence-electron chi connectivity index (χ4n) is 2.69. The molecular formula is C20H27N3O2. The molecule has 134 valence electrons. The normalized spacial score (nSPS) is 11.5. The molecule has 1 heterocycles. The van der Waals surface area contributed by atoms with Crippen molar-refractivity contribution in [2.45, 2.75) is 46.6 Å². The van der Waals surface area contributed by atoms with Gasteiger partial charge >= 0.3 is 0 Å². The molecule has 0 radical (unpaired) electrons. The summed E-state index contributed by atoms with van der Waals surface area (Å²) in [5.41, 5.74) is 1.07. The number of rotatable bonds is 6. The Kier molecular flexibility index (Phi) is 5.77. The van der Waals surface area contributed by atoms with Crippen LogP contribution in [0.15, 0.2) is 36.9 Å². The van der Waals surface area contributed by atoms with Crippen molar-refractivity contribution in [3.8, 4) is 0 Å². The minimum absolute atomic E-state index is 0.169. The minimum atomic E-state index is -0.354. The third-order valence-corrected chi connectivity index (χ3v) is 4.00. The molecule has 2 amide bonds. The maximum Gasteiger partial charge on any atom is 0.281 e. The van der Waals surface area contributed by atoms with Gasteiger partial charge in [0.25, 0.3) is 5.91 Å². The molecular weight excluding hydrogens is 314 g/mol. The molecule has 5 heteroatoms. The predicted molar refractivity (Wildman–Crippen MR) is 100 cm³/mol. The monoisotopic (exact) mass is 341 g/mol. The molecule has 1 aromatic heterocycles. The van der Waals surface area contributed by atoms with E-state index in [4.69, 9.17) is 0 Å². The van der Waals surface area contributed by atoms with Crippen molar-refractivity contribution in [3.63, 3.8) is 0 Å². The van der Waals surface area contributed by atoms with E-state index in [9.17, 15) is 9.59 Å². The molecule has 25 heavy (non-hydrogen) atoms. The van der Waals surface area contributed by atoms with E-state index in [1.165, 1.54) is 11.9 Å². The van der Waals surface area contributed by atoms with Gasteiger partial charge in [0.05, 0.1) is 5.52 Å². The molecule has 0 unspecified atom stereocenters. The van der Waals surface area contributed by atoms with E-state index in [-0.39, 0.29) is 17.2 Å². The number of hydrogen-bond donors (Lipinski definition) is 0. The van der Waals surface area contributed by atoms with E-state index in [1.807, 2.05) is 55.8 Å². The lowest BCUT2D eigenvalue weighted by Gasteiger charge is -2.21. The number of carbonyl (C=O) groups is 2. The molecule has 1 aromatic carbocycles. The first-order valence-corrected chi connectivity index (χ1v) is 8.62. The molecule has 2 aromatic rings. The van der Waals surface area contributed by atoms with Gasteiger partial charge in [-0.15, -0.1) is 6.58 Å². The number of hydrogen-bond acceptors (Lipinski definition) is 3. The number of allylic oxidation sites excluding steroid dienone is 1. The van der Waals surface area contributed by atoms with Crippen molar-refractivity contribution in [2.75, 3.05) is 7.05 Å². The van der Waals surface area contributed by atoms with Crippen LogP contribution in [0.2, 0.25) is 0 Å². The smallest absolute Gasteiger partial charge is 0.280 e. The highest BCUT2D eigenvalue weighted by Gasteiger charge is 2.27. The van der Waals surface area contributed by atoms with Gasteiger partial charge in [0, 0.05) is 25.4 Å². The molecule has 5 nitrogen and oxygen atoms in total. The maximum atomic E-state index is 12.8. The summed E-state index contributed by atoms with van der Waals surface area (Å²) in [5, 5.41) is 5.28. The number of aryl methyl sites for hydroxylation is 1. The number of amides is 2. The largest absolute Gasteiger partial charge is 0.281 e. The lowest BCUT2D eigenvalue weighted by molar-refractivity contribution is -0.129. The highest BCUT2D eigenvalue weighted by Crippen LogP contribution is 2.23. The zero-order valence-electron chi connectivity index (χ0n) is 15.6. The van der Waals surface area contributed by atoms with Crippen LogP contribution in [0.25, 0.3) is 10.9 Å². The fraction of sp³-hybridized carbons (Fsp3) is 0.450. The first-order chi connectivity index (χ1) is 11.7. The summed E-state index contributed by atoms with van der Waals surface area (Å²) in [5.74, 6) is -0.546. The maximum absolute atomic E-state index is 12.8. The first kappa shape index (κ1) is 18.9. The molecule has 2 rings (SSSR count). The van der Waals surface area contributed by atoms with Crippen LogP contribution >= 0.6 is 0 Å². The summed E-state index contributed by atoms with van der Waals surface area (Å²) in [4.78, 5) is 26.4. The van der Waals surface area contributed by atoms with Gasteiger partial charge in [-0.1, -0.05) is 45.0 Å². The van der Waals surface area contributed by atoms with Gasteiger partial charge in [-0.3, -0.25) is 19.2 Å². The molecule has 0 aliphatic heterocycles. The van der Waals surface area contributed by atoms with Crippen molar-refractivity contribution in [3.05, 3.63) is 42.6 Å². The van der Waals surface area contributed by atoms with Crippen LogP contribution in [0.5, 0.6) is 0 Å². The first-order valence-electron chi connectivity index (χ1n) is 8.62. The number of benzene rings is 1. The van der Waals surface area contributed by atoms with Gasteiger partial charge < -0.3 is 0 Å². The highest BCUT2D eigenvalue weighted by atomic mass is 16.2. The van der Waals surface area contributed by atoms with E-state index >= 15 is 0 Å². The summed E-state index contributed by atoms with van der Waals surface area (Å²) in [7, 11) is 1.53. The van der Waals surface area contributed by atoms with Gasteiger partial charge in [-0.05, 0) is 24.3 Å². The Balaban J connectivity index is 2.31. The minimum Gasteiger partial charge on any atom is -0.280 e. The van der Waals surface area contributed by atoms with Crippen LogP contribution in [-0.2, 0) is 11.3 Å². The van der Waals surface area contributed by atoms with Crippen molar-refractivity contribution in [2.24, 2.45) is 5.41 Å². The number of aromatic nitrogens is 2. The third kappa shape index (κ3) is 4.56. The van der Waals surface area contributed by atoms with Crippen molar-refractivity contribution in [1.82, 2.24) is 14.7 Å². The molecule has 0 saturated carbocycles. The highest BCUT2D eigenvalue weighted by molar-refractivity contribution is 6.10. The quantitative estimate of drug-likeness (QED) is 0.588. The van der Waals surface area contributed by atoms with Crippen LogP contribution in [-0.4, -0.2) is 33.5 Å². The van der Waals surface area contributed by atoms with Crippen LogP contribution in [0.1, 0.15) is 50.5 Å². The van der Waals surface area contributed by atoms with Gasteiger partial charge in [0.1, 0.15) is 0 Å². The molecule has 0 saturated heterocycles. The number of imide groups is 1. The van der Waals surface area contributed by atoms with Crippen LogP contribution < -0.4 is 0 Å². The Hall–Kier alpha value is -2.43. The molecule has 0 aliphatic carbocycles. The summed E-state index contributed by atoms with van der Waals surface area (Å²) in [6, 6.07) is 7.63. The number of nitrogens with zero attached hydrogens (tertiary/aromatic N) is 3. The Bertz CT molecular complexity index is 784. The Labute approximate surface area is 149 Å². The van der Waals surface area contributed by atoms with E-state index < -0.39 is 0 Å². The fourth-order valence-corrected chi connectivity index (χ4v) is 2.69. The van der Waals surface area contributed by atoms with E-state index in [0.717, 1.165) is 23.7 Å². The average molecular weight is 341 g/mol. The average Bonchev–Trinajstić information content (AvgIpc) is 2.91. The zero-order valence-corrected chi connectivity index (χ0v) is 15.6. The van der Waals surface area contributed by atoms with Crippen molar-refractivity contribution < 1.29 is 9.59 Å². The summed E-state index contributed by atoms with van der Waals surface area (Å²) < 4.78 is 1.84. The second-order valence-electron chi connectivity index (χ2n) is 7.52. The van der Waals surface area contributed by atoms with Gasteiger partial charge in [0.15, 0.2) is 5.69 Å². The molecule has 0 bridgehead atoms. The SMILES string of the molecule is C=CCCCn1nc(C(=O)N(C)C(=O)CC(C)(C)C)c2ccccc21. The van der Waals surface area contributed by atoms with Crippen molar-refractivity contribution in [1.29, 1.82) is 0 Å². The number of para-hydroxylation sites is 1. The standard InChI is InChI=1S/C20H27N3O2/c1-6-7-10-13-23-16-12-9-8-11-15(16)18(21-23)19(25)22(5)17(24)14-20(2,3)4/h6,8-9,11-12H,1,7,10,13-14H2,2-5H3. The second-order valence-corrected chi connectivity index (χ2v) is 7.52. The Morgan fingerprint density at radius 3 is 2.60 bits per heavy atom. The van der Waals surface area contributed by atoms with Crippen LogP contribution in [0, 0.1) is 5.41 Å². The number of unbranched alkanes of at least 4 members (excludes halogenated alkanes) is 1. The Morgan fingerprint density at radius 1 is 1.28 bits per heavy atom. The summed E-state index contributed by atoms with van der Waals surface area (Å²) >= 11 is 0. The molecule has 0 spiro atoms. The van der Waals surface area contributed by atoms with E-state index in [2.05, 4.69) is 11.7 Å². The van der Waals surface area contributed by atoms with Gasteiger partial charge in [0.2, 0.25) is 5.91 Å². The lowest BCUT2D eigenvalue weighted by atomic mass is 9.91. The molecule has 0 atom stereocenters. The van der Waals surface area contributed by atoms with Crippen molar-refractivity contribution >= 4 is 22.7 Å². The lowest BCUT2D eigenvalue weighted by Crippen LogP contribution is -2.35. The van der Waals surface area contributed by atoms with E-state index in [0.29, 0.717) is 18.7 Å². The number of fused-ring (bicyclic) bond motifs is 1.